The average Bonchev–Trinajstić information content (AvgIpc) is 2.61. The molecule has 2 nitrogen and oxygen atoms in total. The van der Waals surface area contributed by atoms with Crippen LogP contribution in [0.15, 0.2) is 60.7 Å². The molecule has 0 bridgehead atoms. The van der Waals surface area contributed by atoms with Crippen LogP contribution in [-0.4, -0.2) is 50.6 Å². The van der Waals surface area contributed by atoms with Crippen LogP contribution in [-0.2, 0) is 11.8 Å². The molecule has 2 aromatic carbocycles. The normalized spacial score (nSPS) is 14.0. The monoisotopic (exact) mass is 338 g/mol. The Labute approximate surface area is 154 Å². The molecule has 0 aliphatic carbocycles. The van der Waals surface area contributed by atoms with Crippen molar-refractivity contribution >= 4 is 0 Å². The van der Waals surface area contributed by atoms with Gasteiger partial charge in [0.2, 0.25) is 0 Å². The predicted octanol–water partition coefficient (Wildman–Crippen LogP) is 4.46. The van der Waals surface area contributed by atoms with Crippen LogP contribution in [0, 0.1) is 0 Å². The van der Waals surface area contributed by atoms with Crippen molar-refractivity contribution in [3.8, 4) is 0 Å². The van der Waals surface area contributed by atoms with Crippen LogP contribution in [0.4, 0.5) is 0 Å². The van der Waals surface area contributed by atoms with E-state index in [1.54, 1.807) is 0 Å². The summed E-state index contributed by atoms with van der Waals surface area (Å²) in [6.45, 7) is 5.78. The number of benzene rings is 2. The highest BCUT2D eigenvalue weighted by molar-refractivity contribution is 5.25. The SMILES string of the molecule is CN(C)CC(C)(CCCN(C)CCc1ccccc1)c1ccccc1. The number of hydrogen-bond acceptors (Lipinski definition) is 2. The molecule has 0 saturated carbocycles. The summed E-state index contributed by atoms with van der Waals surface area (Å²) < 4.78 is 0. The lowest BCUT2D eigenvalue weighted by molar-refractivity contribution is 0.258. The topological polar surface area (TPSA) is 6.48 Å². The Morgan fingerprint density at radius 2 is 1.40 bits per heavy atom. The van der Waals surface area contributed by atoms with E-state index < -0.39 is 0 Å². The molecule has 0 N–H and O–H groups in total. The zero-order valence-electron chi connectivity index (χ0n) is 16.4. The highest BCUT2D eigenvalue weighted by atomic mass is 15.1. The molecule has 0 amide bonds. The van der Waals surface area contributed by atoms with Crippen LogP contribution in [0.3, 0.4) is 0 Å². The molecule has 0 saturated heterocycles. The van der Waals surface area contributed by atoms with Crippen LogP contribution in [0.1, 0.15) is 30.9 Å². The first-order chi connectivity index (χ1) is 12.0. The molecule has 2 aromatic rings. The summed E-state index contributed by atoms with van der Waals surface area (Å²) in [5, 5.41) is 0. The van der Waals surface area contributed by atoms with Crippen LogP contribution in [0.5, 0.6) is 0 Å². The van der Waals surface area contributed by atoms with Gasteiger partial charge in [-0.2, -0.15) is 0 Å². The third-order valence-corrected chi connectivity index (χ3v) is 5.03. The fourth-order valence-electron chi connectivity index (χ4n) is 3.67. The molecule has 0 aliphatic rings. The lowest BCUT2D eigenvalue weighted by Gasteiger charge is -2.34. The third-order valence-electron chi connectivity index (χ3n) is 5.03. The van der Waals surface area contributed by atoms with E-state index >= 15 is 0 Å². The summed E-state index contributed by atoms with van der Waals surface area (Å²) in [6.07, 6.45) is 3.57. The fourth-order valence-corrected chi connectivity index (χ4v) is 3.67. The first-order valence-corrected chi connectivity index (χ1v) is 9.42. The van der Waals surface area contributed by atoms with Crippen LogP contribution < -0.4 is 0 Å². The second kappa shape index (κ2) is 9.74. The molecule has 1 unspecified atom stereocenters. The summed E-state index contributed by atoms with van der Waals surface area (Å²) in [6, 6.07) is 21.8. The average molecular weight is 339 g/mol. The Kier molecular flexibility index (Phi) is 7.67. The van der Waals surface area contributed by atoms with Crippen molar-refractivity contribution < 1.29 is 0 Å². The molecular weight excluding hydrogens is 304 g/mol. The first-order valence-electron chi connectivity index (χ1n) is 9.42. The van der Waals surface area contributed by atoms with Gasteiger partial charge in [-0.25, -0.2) is 0 Å². The molecule has 1 atom stereocenters. The molecule has 0 aliphatic heterocycles. The minimum Gasteiger partial charge on any atom is -0.309 e. The smallest absolute Gasteiger partial charge is 0.00699 e. The molecule has 2 heteroatoms. The number of likely N-dealkylation sites (N-methyl/N-ethyl adjacent to an activating group) is 2. The molecule has 0 aromatic heterocycles. The van der Waals surface area contributed by atoms with E-state index in [9.17, 15) is 0 Å². The van der Waals surface area contributed by atoms with Crippen LogP contribution >= 0.6 is 0 Å². The Balaban J connectivity index is 1.84. The van der Waals surface area contributed by atoms with Gasteiger partial charge in [-0.05, 0) is 58.1 Å². The first kappa shape index (κ1) is 19.7. The van der Waals surface area contributed by atoms with Gasteiger partial charge in [0.25, 0.3) is 0 Å². The highest BCUT2D eigenvalue weighted by Crippen LogP contribution is 2.29. The summed E-state index contributed by atoms with van der Waals surface area (Å²) in [5.41, 5.74) is 3.09. The van der Waals surface area contributed by atoms with Crippen LogP contribution in [0.2, 0.25) is 0 Å². The van der Waals surface area contributed by atoms with Gasteiger partial charge in [0, 0.05) is 18.5 Å². The van der Waals surface area contributed by atoms with E-state index in [1.807, 2.05) is 0 Å². The van der Waals surface area contributed by atoms with Crippen molar-refractivity contribution in [1.82, 2.24) is 9.80 Å². The van der Waals surface area contributed by atoms with Crippen molar-refractivity contribution in [3.05, 3.63) is 71.8 Å². The Bertz CT molecular complexity index is 594. The minimum absolute atomic E-state index is 0.213. The molecule has 0 fully saturated rings. The molecular formula is C23H34N2. The molecule has 2 rings (SSSR count). The fraction of sp³-hybridized carbons (Fsp3) is 0.478. The molecule has 136 valence electrons. The third kappa shape index (κ3) is 6.64. The van der Waals surface area contributed by atoms with Gasteiger partial charge >= 0.3 is 0 Å². The predicted molar refractivity (Wildman–Crippen MR) is 109 cm³/mol. The number of nitrogens with zero attached hydrogens (tertiary/aromatic N) is 2. The maximum atomic E-state index is 2.47. The second-order valence-corrected chi connectivity index (χ2v) is 7.81. The van der Waals surface area contributed by atoms with E-state index in [-0.39, 0.29) is 5.41 Å². The Morgan fingerprint density at radius 3 is 2.00 bits per heavy atom. The quantitative estimate of drug-likeness (QED) is 0.631. The van der Waals surface area contributed by atoms with E-state index in [0.717, 1.165) is 26.1 Å². The largest absolute Gasteiger partial charge is 0.309 e. The number of rotatable bonds is 10. The van der Waals surface area contributed by atoms with Gasteiger partial charge in [0.1, 0.15) is 0 Å². The lowest BCUT2D eigenvalue weighted by atomic mass is 9.78. The summed E-state index contributed by atoms with van der Waals surface area (Å²) in [5.74, 6) is 0. The molecule has 0 spiro atoms. The maximum Gasteiger partial charge on any atom is 0.00699 e. The zero-order valence-corrected chi connectivity index (χ0v) is 16.4. The van der Waals surface area contributed by atoms with Gasteiger partial charge in [0.15, 0.2) is 0 Å². The van der Waals surface area contributed by atoms with Crippen molar-refractivity contribution in [2.75, 3.05) is 40.8 Å². The summed E-state index contributed by atoms with van der Waals surface area (Å²) in [4.78, 5) is 4.78. The van der Waals surface area contributed by atoms with Crippen LogP contribution in [0.25, 0.3) is 0 Å². The molecule has 0 radical (unpaired) electrons. The molecule has 0 heterocycles. The van der Waals surface area contributed by atoms with E-state index in [1.165, 1.54) is 24.0 Å². The lowest BCUT2D eigenvalue weighted by Crippen LogP contribution is -2.36. The van der Waals surface area contributed by atoms with Gasteiger partial charge in [-0.15, -0.1) is 0 Å². The van der Waals surface area contributed by atoms with E-state index in [2.05, 4.69) is 98.5 Å². The van der Waals surface area contributed by atoms with E-state index in [4.69, 9.17) is 0 Å². The minimum atomic E-state index is 0.213. The van der Waals surface area contributed by atoms with Gasteiger partial charge in [0.05, 0.1) is 0 Å². The summed E-state index contributed by atoms with van der Waals surface area (Å²) in [7, 11) is 6.59. The Morgan fingerprint density at radius 1 is 0.800 bits per heavy atom. The maximum absolute atomic E-state index is 2.47. The highest BCUT2D eigenvalue weighted by Gasteiger charge is 2.26. The second-order valence-electron chi connectivity index (χ2n) is 7.81. The zero-order chi connectivity index (χ0) is 18.1. The molecule has 25 heavy (non-hydrogen) atoms. The van der Waals surface area contributed by atoms with Crippen molar-refractivity contribution in [2.24, 2.45) is 0 Å². The van der Waals surface area contributed by atoms with Crippen molar-refractivity contribution in [3.63, 3.8) is 0 Å². The van der Waals surface area contributed by atoms with Gasteiger partial charge < -0.3 is 9.80 Å². The van der Waals surface area contributed by atoms with E-state index in [0.29, 0.717) is 0 Å². The van der Waals surface area contributed by atoms with Crippen molar-refractivity contribution in [1.29, 1.82) is 0 Å². The summed E-state index contributed by atoms with van der Waals surface area (Å²) >= 11 is 0. The van der Waals surface area contributed by atoms with Crippen molar-refractivity contribution in [2.45, 2.75) is 31.6 Å². The number of hydrogen-bond donors (Lipinski definition) is 0. The van der Waals surface area contributed by atoms with Gasteiger partial charge in [-0.1, -0.05) is 67.6 Å². The van der Waals surface area contributed by atoms with Gasteiger partial charge in [-0.3, -0.25) is 0 Å². The standard InChI is InChI=1S/C23H34N2/c1-23(20-24(2)3,22-14-9-6-10-15-22)17-11-18-25(4)19-16-21-12-7-5-8-13-21/h5-10,12-15H,11,16-20H2,1-4H3. The Hall–Kier alpha value is -1.64.